The van der Waals surface area contributed by atoms with E-state index < -0.39 is 0 Å². The molecule has 29 heavy (non-hydrogen) atoms. The monoisotopic (exact) mass is 388 g/mol. The van der Waals surface area contributed by atoms with Crippen LogP contribution in [0, 0.1) is 0 Å². The number of amides is 1. The van der Waals surface area contributed by atoms with Crippen LogP contribution in [0.25, 0.3) is 21.5 Å². The first kappa shape index (κ1) is 18.0. The van der Waals surface area contributed by atoms with E-state index in [1.54, 1.807) is 14.2 Å². The van der Waals surface area contributed by atoms with Gasteiger partial charge in [0.2, 0.25) is 5.91 Å². The predicted molar refractivity (Wildman–Crippen MR) is 116 cm³/mol. The third-order valence-electron chi connectivity index (χ3n) is 6.33. The van der Waals surface area contributed by atoms with Gasteiger partial charge in [-0.2, -0.15) is 0 Å². The van der Waals surface area contributed by atoms with Crippen LogP contribution in [0.4, 0.5) is 5.69 Å². The Bertz CT molecular complexity index is 1180. The molecule has 1 saturated heterocycles. The van der Waals surface area contributed by atoms with E-state index in [0.717, 1.165) is 29.3 Å². The van der Waals surface area contributed by atoms with Crippen molar-refractivity contribution in [1.82, 2.24) is 4.90 Å². The van der Waals surface area contributed by atoms with Gasteiger partial charge in [-0.1, -0.05) is 6.07 Å². The molecule has 0 aliphatic carbocycles. The number of benzene rings is 3. The summed E-state index contributed by atoms with van der Waals surface area (Å²) in [7, 11) is 3.32. The van der Waals surface area contributed by atoms with E-state index in [9.17, 15) is 4.79 Å². The zero-order valence-electron chi connectivity index (χ0n) is 17.0. The molecule has 3 aromatic rings. The zero-order valence-corrected chi connectivity index (χ0v) is 17.0. The van der Waals surface area contributed by atoms with E-state index in [0.29, 0.717) is 30.5 Å². The van der Waals surface area contributed by atoms with Gasteiger partial charge in [0.25, 0.3) is 0 Å². The minimum Gasteiger partial charge on any atom is -0.493 e. The SMILES string of the molecule is CC=Nc1ccc2c3c(c4cc(OC)c(OC)cc4c2c1)CN1C(=O)CC[C@H]1C3. The molecular weight excluding hydrogens is 364 g/mol. The lowest BCUT2D eigenvalue weighted by atomic mass is 9.85. The predicted octanol–water partition coefficient (Wildman–Crippen LogP) is 4.78. The summed E-state index contributed by atoms with van der Waals surface area (Å²) in [6, 6.07) is 10.8. The van der Waals surface area contributed by atoms with Gasteiger partial charge in [-0.25, -0.2) is 0 Å². The van der Waals surface area contributed by atoms with Crippen molar-refractivity contribution in [2.24, 2.45) is 4.99 Å². The van der Waals surface area contributed by atoms with Gasteiger partial charge >= 0.3 is 0 Å². The second-order valence-electron chi connectivity index (χ2n) is 7.75. The van der Waals surface area contributed by atoms with Gasteiger partial charge in [0.05, 0.1) is 19.9 Å². The van der Waals surface area contributed by atoms with Crippen LogP contribution >= 0.6 is 0 Å². The molecule has 0 radical (unpaired) electrons. The van der Waals surface area contributed by atoms with Gasteiger partial charge in [0, 0.05) is 25.2 Å². The number of carbonyl (C=O) groups excluding carboxylic acids is 1. The van der Waals surface area contributed by atoms with Crippen molar-refractivity contribution >= 4 is 39.4 Å². The first-order valence-electron chi connectivity index (χ1n) is 10.1. The molecule has 0 bridgehead atoms. The summed E-state index contributed by atoms with van der Waals surface area (Å²) in [5.41, 5.74) is 3.51. The molecule has 1 atom stereocenters. The molecule has 2 aliphatic heterocycles. The average molecular weight is 388 g/mol. The normalized spacial score (nSPS) is 18.5. The highest BCUT2D eigenvalue weighted by atomic mass is 16.5. The summed E-state index contributed by atoms with van der Waals surface area (Å²) in [5.74, 6) is 1.68. The van der Waals surface area contributed by atoms with E-state index >= 15 is 0 Å². The van der Waals surface area contributed by atoms with Crippen molar-refractivity contribution in [3.8, 4) is 11.5 Å². The van der Waals surface area contributed by atoms with Crippen LogP contribution in [0.3, 0.4) is 0 Å². The number of hydrogen-bond acceptors (Lipinski definition) is 4. The minimum atomic E-state index is 0.266. The molecule has 3 aromatic carbocycles. The second-order valence-corrected chi connectivity index (χ2v) is 7.75. The summed E-state index contributed by atoms with van der Waals surface area (Å²) < 4.78 is 11.2. The summed E-state index contributed by atoms with van der Waals surface area (Å²) in [6.45, 7) is 2.59. The van der Waals surface area contributed by atoms with Crippen LogP contribution < -0.4 is 9.47 Å². The van der Waals surface area contributed by atoms with Crippen LogP contribution in [-0.4, -0.2) is 37.3 Å². The van der Waals surface area contributed by atoms with Gasteiger partial charge < -0.3 is 14.4 Å². The number of rotatable bonds is 3. The van der Waals surface area contributed by atoms with Crippen LogP contribution in [-0.2, 0) is 17.8 Å². The number of hydrogen-bond donors (Lipinski definition) is 0. The maximum absolute atomic E-state index is 12.4. The molecule has 0 N–H and O–H groups in total. The fraction of sp³-hybridized carbons (Fsp3) is 0.333. The van der Waals surface area contributed by atoms with Crippen molar-refractivity contribution in [2.75, 3.05) is 14.2 Å². The highest BCUT2D eigenvalue weighted by molar-refractivity contribution is 6.13. The number of carbonyl (C=O) groups is 1. The number of ether oxygens (including phenoxy) is 2. The lowest BCUT2D eigenvalue weighted by Crippen LogP contribution is -2.38. The molecule has 5 nitrogen and oxygen atoms in total. The van der Waals surface area contributed by atoms with Gasteiger partial charge in [0.15, 0.2) is 11.5 Å². The van der Waals surface area contributed by atoms with Crippen LogP contribution in [0.5, 0.6) is 11.5 Å². The first-order chi connectivity index (χ1) is 14.1. The average Bonchev–Trinajstić information content (AvgIpc) is 3.11. The van der Waals surface area contributed by atoms with Crippen molar-refractivity contribution < 1.29 is 14.3 Å². The Morgan fingerprint density at radius 3 is 2.45 bits per heavy atom. The first-order valence-corrected chi connectivity index (χ1v) is 10.1. The molecule has 2 aliphatic rings. The van der Waals surface area contributed by atoms with Crippen LogP contribution in [0.15, 0.2) is 35.3 Å². The molecule has 5 rings (SSSR count). The Morgan fingerprint density at radius 2 is 1.72 bits per heavy atom. The van der Waals surface area contributed by atoms with Crippen LogP contribution in [0.2, 0.25) is 0 Å². The third kappa shape index (κ3) is 2.68. The van der Waals surface area contributed by atoms with Gasteiger partial charge in [-0.05, 0) is 76.7 Å². The molecule has 1 amide bonds. The largest absolute Gasteiger partial charge is 0.493 e. The van der Waals surface area contributed by atoms with E-state index in [1.165, 1.54) is 21.9 Å². The third-order valence-corrected chi connectivity index (χ3v) is 6.33. The van der Waals surface area contributed by atoms with Gasteiger partial charge in [-0.15, -0.1) is 0 Å². The minimum absolute atomic E-state index is 0.266. The van der Waals surface area contributed by atoms with E-state index in [1.807, 2.05) is 19.2 Å². The number of nitrogens with zero attached hydrogens (tertiary/aromatic N) is 2. The Labute approximate surface area is 169 Å². The summed E-state index contributed by atoms with van der Waals surface area (Å²) in [5, 5.41) is 4.64. The van der Waals surface area contributed by atoms with E-state index in [4.69, 9.17) is 9.47 Å². The van der Waals surface area contributed by atoms with Gasteiger partial charge in [-0.3, -0.25) is 9.79 Å². The Hall–Kier alpha value is -3.08. The quantitative estimate of drug-likeness (QED) is 0.479. The summed E-state index contributed by atoms with van der Waals surface area (Å²) in [6.07, 6.45) is 4.31. The Balaban J connectivity index is 1.87. The van der Waals surface area contributed by atoms with Crippen molar-refractivity contribution in [3.63, 3.8) is 0 Å². The number of fused-ring (bicyclic) bond motifs is 7. The van der Waals surface area contributed by atoms with Crippen LogP contribution in [0.1, 0.15) is 30.9 Å². The molecule has 148 valence electrons. The van der Waals surface area contributed by atoms with Crippen molar-refractivity contribution in [1.29, 1.82) is 0 Å². The molecule has 5 heteroatoms. The maximum Gasteiger partial charge on any atom is 0.223 e. The Kier molecular flexibility index (Phi) is 4.19. The smallest absolute Gasteiger partial charge is 0.223 e. The highest BCUT2D eigenvalue weighted by Gasteiger charge is 2.36. The number of methoxy groups -OCH3 is 2. The summed E-state index contributed by atoms with van der Waals surface area (Å²) >= 11 is 0. The van der Waals surface area contributed by atoms with Crippen molar-refractivity contribution in [3.05, 3.63) is 41.5 Å². The lowest BCUT2D eigenvalue weighted by molar-refractivity contribution is -0.129. The standard InChI is InChI=1S/C24H24N2O3/c1-4-25-14-5-7-16-17(9-14)19-11-22(28-2)23(29-3)12-20(19)21-13-26-15(10-18(16)21)6-8-24(26)27/h4-5,7,9,11-12,15H,6,8,10,13H2,1-3H3/t15-/m0/s1. The molecule has 2 heterocycles. The molecule has 0 aromatic heterocycles. The van der Waals surface area contributed by atoms with Crippen molar-refractivity contribution in [2.45, 2.75) is 38.8 Å². The molecular formula is C24H24N2O3. The summed E-state index contributed by atoms with van der Waals surface area (Å²) in [4.78, 5) is 19.0. The molecule has 1 fully saturated rings. The van der Waals surface area contributed by atoms with E-state index in [-0.39, 0.29) is 5.91 Å². The van der Waals surface area contributed by atoms with E-state index in [2.05, 4.69) is 34.2 Å². The fourth-order valence-corrected chi connectivity index (χ4v) is 4.97. The maximum atomic E-state index is 12.4. The topological polar surface area (TPSA) is 51.1 Å². The molecule has 0 saturated carbocycles. The highest BCUT2D eigenvalue weighted by Crippen LogP contribution is 2.44. The molecule has 0 unspecified atom stereocenters. The second kappa shape index (κ2) is 6.76. The lowest BCUT2D eigenvalue weighted by Gasteiger charge is -2.33. The number of aliphatic imine (C=N–C) groups is 1. The molecule has 0 spiro atoms. The Morgan fingerprint density at radius 1 is 1.00 bits per heavy atom. The zero-order chi connectivity index (χ0) is 20.1. The van der Waals surface area contributed by atoms with Gasteiger partial charge in [0.1, 0.15) is 0 Å². The fourth-order valence-electron chi connectivity index (χ4n) is 4.97.